The van der Waals surface area contributed by atoms with Crippen LogP contribution in [0.1, 0.15) is 37.4 Å². The molecule has 1 unspecified atom stereocenters. The summed E-state index contributed by atoms with van der Waals surface area (Å²) in [7, 11) is 2.00. The van der Waals surface area contributed by atoms with E-state index in [4.69, 9.17) is 5.73 Å². The summed E-state index contributed by atoms with van der Waals surface area (Å²) < 4.78 is 2.04. The van der Waals surface area contributed by atoms with Gasteiger partial charge in [0.2, 0.25) is 0 Å². The lowest BCUT2D eigenvalue weighted by Gasteiger charge is -2.11. The van der Waals surface area contributed by atoms with Gasteiger partial charge in [0.05, 0.1) is 6.54 Å². The molecule has 0 spiro atoms. The number of anilines is 1. The number of aliphatic imine (C=N–C) groups is 1. The van der Waals surface area contributed by atoms with Gasteiger partial charge in [0.25, 0.3) is 0 Å². The molecule has 1 aromatic heterocycles. The number of rotatable bonds is 5. The van der Waals surface area contributed by atoms with Crippen LogP contribution in [0.3, 0.4) is 0 Å². The average molecular weight is 284 g/mol. The highest BCUT2D eigenvalue weighted by molar-refractivity contribution is 5.92. The highest BCUT2D eigenvalue weighted by Gasteiger charge is 2.03. The molecular weight excluding hydrogens is 260 g/mol. The molecule has 1 atom stereocenters. The van der Waals surface area contributed by atoms with Crippen LogP contribution in [0.4, 0.5) is 5.69 Å². The molecule has 4 nitrogen and oxygen atoms in total. The largest absolute Gasteiger partial charge is 0.370 e. The number of nitrogens with zero attached hydrogens (tertiary/aromatic N) is 2. The number of benzene rings is 1. The number of aromatic nitrogens is 1. The third-order valence-electron chi connectivity index (χ3n) is 3.83. The molecular formula is C17H24N4. The first-order chi connectivity index (χ1) is 10.1. The smallest absolute Gasteiger partial charge is 0.193 e. The fraction of sp³-hybridized carbons (Fsp3) is 0.353. The normalized spacial score (nSPS) is 13.2. The van der Waals surface area contributed by atoms with E-state index >= 15 is 0 Å². The van der Waals surface area contributed by atoms with Crippen LogP contribution in [0.15, 0.2) is 47.6 Å². The lowest BCUT2D eigenvalue weighted by atomic mass is 9.99. The van der Waals surface area contributed by atoms with Crippen molar-refractivity contribution in [1.82, 2.24) is 4.57 Å². The number of guanidine groups is 1. The van der Waals surface area contributed by atoms with Crippen molar-refractivity contribution < 1.29 is 0 Å². The minimum Gasteiger partial charge on any atom is -0.370 e. The summed E-state index contributed by atoms with van der Waals surface area (Å²) in [6.45, 7) is 5.01. The first kappa shape index (κ1) is 15.2. The molecule has 0 saturated carbocycles. The van der Waals surface area contributed by atoms with Gasteiger partial charge in [0.1, 0.15) is 0 Å². The Kier molecular flexibility index (Phi) is 5.04. The Morgan fingerprint density at radius 1 is 1.29 bits per heavy atom. The third-order valence-corrected chi connectivity index (χ3v) is 3.83. The average Bonchev–Trinajstić information content (AvgIpc) is 2.90. The van der Waals surface area contributed by atoms with Crippen LogP contribution in [-0.2, 0) is 13.6 Å². The van der Waals surface area contributed by atoms with Crippen molar-refractivity contribution in [2.45, 2.75) is 32.7 Å². The van der Waals surface area contributed by atoms with E-state index in [0.717, 1.165) is 17.8 Å². The molecule has 1 heterocycles. The Balaban J connectivity index is 1.96. The van der Waals surface area contributed by atoms with Gasteiger partial charge in [-0.1, -0.05) is 26.0 Å². The number of aryl methyl sites for hydroxylation is 1. The minimum atomic E-state index is 0.437. The molecule has 1 aromatic carbocycles. The summed E-state index contributed by atoms with van der Waals surface area (Å²) in [4.78, 5) is 4.36. The van der Waals surface area contributed by atoms with Crippen LogP contribution in [0.5, 0.6) is 0 Å². The molecule has 0 bridgehead atoms. The van der Waals surface area contributed by atoms with Crippen molar-refractivity contribution in [3.8, 4) is 0 Å². The van der Waals surface area contributed by atoms with Crippen molar-refractivity contribution >= 4 is 11.6 Å². The van der Waals surface area contributed by atoms with Gasteiger partial charge in [-0.2, -0.15) is 0 Å². The zero-order chi connectivity index (χ0) is 15.2. The molecule has 4 heteroatoms. The van der Waals surface area contributed by atoms with Crippen LogP contribution in [0.2, 0.25) is 0 Å². The van der Waals surface area contributed by atoms with E-state index in [-0.39, 0.29) is 0 Å². The maximum atomic E-state index is 5.93. The molecule has 0 amide bonds. The quantitative estimate of drug-likeness (QED) is 0.652. The molecule has 0 radical (unpaired) electrons. The lowest BCUT2D eigenvalue weighted by molar-refractivity contribution is 0.734. The molecule has 0 aliphatic rings. The molecule has 112 valence electrons. The first-order valence-electron chi connectivity index (χ1n) is 7.37. The van der Waals surface area contributed by atoms with E-state index in [9.17, 15) is 0 Å². The number of nitrogens with one attached hydrogen (secondary N) is 1. The van der Waals surface area contributed by atoms with E-state index in [1.54, 1.807) is 0 Å². The van der Waals surface area contributed by atoms with E-state index in [1.807, 2.05) is 42.1 Å². The monoisotopic (exact) mass is 284 g/mol. The molecule has 0 aliphatic carbocycles. The summed E-state index contributed by atoms with van der Waals surface area (Å²) in [6.07, 6.45) is 3.15. The summed E-state index contributed by atoms with van der Waals surface area (Å²) in [5.41, 5.74) is 9.37. The van der Waals surface area contributed by atoms with Crippen LogP contribution in [0, 0.1) is 0 Å². The van der Waals surface area contributed by atoms with E-state index in [1.165, 1.54) is 5.56 Å². The molecule has 3 N–H and O–H groups in total. The molecule has 2 rings (SSSR count). The van der Waals surface area contributed by atoms with Crippen LogP contribution in [-0.4, -0.2) is 10.5 Å². The van der Waals surface area contributed by atoms with E-state index in [0.29, 0.717) is 18.4 Å². The fourth-order valence-electron chi connectivity index (χ4n) is 2.15. The minimum absolute atomic E-state index is 0.437. The van der Waals surface area contributed by atoms with Crippen molar-refractivity contribution in [3.05, 3.63) is 53.9 Å². The predicted octanol–water partition coefficient (Wildman–Crippen LogP) is 3.47. The zero-order valence-corrected chi connectivity index (χ0v) is 13.0. The molecule has 2 aromatic rings. The lowest BCUT2D eigenvalue weighted by Crippen LogP contribution is -2.22. The van der Waals surface area contributed by atoms with Crippen molar-refractivity contribution in [1.29, 1.82) is 0 Å². The van der Waals surface area contributed by atoms with Gasteiger partial charge in [-0.15, -0.1) is 0 Å². The summed E-state index contributed by atoms with van der Waals surface area (Å²) in [5, 5.41) is 3.13. The van der Waals surface area contributed by atoms with Gasteiger partial charge in [-0.05, 0) is 42.2 Å². The molecule has 21 heavy (non-hydrogen) atoms. The summed E-state index contributed by atoms with van der Waals surface area (Å²) >= 11 is 0. The van der Waals surface area contributed by atoms with Crippen molar-refractivity contribution in [2.24, 2.45) is 17.8 Å². The second kappa shape index (κ2) is 6.97. The Labute approximate surface area is 126 Å². The second-order valence-electron chi connectivity index (χ2n) is 5.37. The van der Waals surface area contributed by atoms with E-state index in [2.05, 4.69) is 36.3 Å². The molecule has 0 saturated heterocycles. The third kappa shape index (κ3) is 4.12. The van der Waals surface area contributed by atoms with Crippen LogP contribution >= 0.6 is 0 Å². The Hall–Kier alpha value is -2.23. The zero-order valence-electron chi connectivity index (χ0n) is 13.0. The number of nitrogens with two attached hydrogens (primary N) is 1. The van der Waals surface area contributed by atoms with Gasteiger partial charge >= 0.3 is 0 Å². The highest BCUT2D eigenvalue weighted by Crippen LogP contribution is 2.20. The Morgan fingerprint density at radius 2 is 2.00 bits per heavy atom. The highest BCUT2D eigenvalue weighted by atomic mass is 15.1. The van der Waals surface area contributed by atoms with Crippen molar-refractivity contribution in [2.75, 3.05) is 5.32 Å². The standard InChI is InChI=1S/C17H24N4/c1-4-13(2)14-7-9-15(10-8-14)20-17(18)19-12-16-6-5-11-21(16)3/h5-11,13H,4,12H2,1-3H3,(H3,18,19,20). The van der Waals surface area contributed by atoms with Gasteiger partial charge < -0.3 is 15.6 Å². The van der Waals surface area contributed by atoms with Crippen molar-refractivity contribution in [3.63, 3.8) is 0 Å². The van der Waals surface area contributed by atoms with E-state index < -0.39 is 0 Å². The first-order valence-corrected chi connectivity index (χ1v) is 7.37. The predicted molar refractivity (Wildman–Crippen MR) is 89.5 cm³/mol. The van der Waals surface area contributed by atoms with Gasteiger partial charge in [0, 0.05) is 24.6 Å². The Morgan fingerprint density at radius 3 is 2.57 bits per heavy atom. The van der Waals surface area contributed by atoms with Gasteiger partial charge in [-0.3, -0.25) is 0 Å². The topological polar surface area (TPSA) is 55.3 Å². The molecule has 0 aliphatic heterocycles. The second-order valence-corrected chi connectivity index (χ2v) is 5.37. The maximum Gasteiger partial charge on any atom is 0.193 e. The number of hydrogen-bond acceptors (Lipinski definition) is 1. The summed E-state index contributed by atoms with van der Waals surface area (Å²) in [6, 6.07) is 12.4. The molecule has 0 fully saturated rings. The Bertz CT molecular complexity index is 596. The van der Waals surface area contributed by atoms with Gasteiger partial charge in [0.15, 0.2) is 5.96 Å². The maximum absolute atomic E-state index is 5.93. The fourth-order valence-corrected chi connectivity index (χ4v) is 2.15. The van der Waals surface area contributed by atoms with Gasteiger partial charge in [-0.25, -0.2) is 4.99 Å². The SMILES string of the molecule is CCC(C)c1ccc(NC(N)=NCc2cccn2C)cc1. The van der Waals surface area contributed by atoms with Crippen LogP contribution in [0.25, 0.3) is 0 Å². The summed E-state index contributed by atoms with van der Waals surface area (Å²) in [5.74, 6) is 1.02. The van der Waals surface area contributed by atoms with Crippen LogP contribution < -0.4 is 11.1 Å². The number of hydrogen-bond donors (Lipinski definition) is 2.